The number of nitrogens with zero attached hydrogens (tertiary/aromatic N) is 2. The SMILES string of the molecule is CCn1nc(COC)c2c1NCC2. The first-order chi connectivity index (χ1) is 6.36. The summed E-state index contributed by atoms with van der Waals surface area (Å²) in [6.07, 6.45) is 1.08. The largest absolute Gasteiger partial charge is 0.378 e. The van der Waals surface area contributed by atoms with E-state index in [1.807, 2.05) is 4.68 Å². The fraction of sp³-hybridized carbons (Fsp3) is 0.667. The Labute approximate surface area is 77.9 Å². The van der Waals surface area contributed by atoms with E-state index in [2.05, 4.69) is 17.3 Å². The standard InChI is InChI=1S/C9H15N3O/c1-3-12-9-7(4-5-10-9)8(11-12)6-13-2/h10H,3-6H2,1-2H3. The minimum absolute atomic E-state index is 0.622. The normalized spacial score (nSPS) is 14.3. The smallest absolute Gasteiger partial charge is 0.127 e. The number of aromatic nitrogens is 2. The summed E-state index contributed by atoms with van der Waals surface area (Å²) in [4.78, 5) is 0. The van der Waals surface area contributed by atoms with Crippen LogP contribution in [0.3, 0.4) is 0 Å². The van der Waals surface area contributed by atoms with Gasteiger partial charge >= 0.3 is 0 Å². The van der Waals surface area contributed by atoms with E-state index in [9.17, 15) is 0 Å². The molecule has 72 valence electrons. The van der Waals surface area contributed by atoms with Crippen LogP contribution >= 0.6 is 0 Å². The quantitative estimate of drug-likeness (QED) is 0.756. The molecule has 0 unspecified atom stereocenters. The fourth-order valence-electron chi connectivity index (χ4n) is 1.80. The average Bonchev–Trinajstić information content (AvgIpc) is 2.68. The summed E-state index contributed by atoms with van der Waals surface area (Å²) in [6, 6.07) is 0. The van der Waals surface area contributed by atoms with Gasteiger partial charge in [0.1, 0.15) is 5.82 Å². The van der Waals surface area contributed by atoms with Gasteiger partial charge in [-0.3, -0.25) is 0 Å². The van der Waals surface area contributed by atoms with Gasteiger partial charge in [0.25, 0.3) is 0 Å². The average molecular weight is 181 g/mol. The second-order valence-corrected chi connectivity index (χ2v) is 3.20. The molecule has 2 heterocycles. The zero-order chi connectivity index (χ0) is 9.26. The Hall–Kier alpha value is -1.03. The number of methoxy groups -OCH3 is 1. The molecule has 13 heavy (non-hydrogen) atoms. The lowest BCUT2D eigenvalue weighted by Gasteiger charge is -2.01. The summed E-state index contributed by atoms with van der Waals surface area (Å²) in [5.41, 5.74) is 2.42. The van der Waals surface area contributed by atoms with Crippen molar-refractivity contribution in [1.82, 2.24) is 9.78 Å². The second-order valence-electron chi connectivity index (χ2n) is 3.20. The molecule has 0 aliphatic carbocycles. The van der Waals surface area contributed by atoms with Gasteiger partial charge in [-0.2, -0.15) is 5.10 Å². The number of aryl methyl sites for hydroxylation is 1. The predicted molar refractivity (Wildman–Crippen MR) is 50.8 cm³/mol. The maximum atomic E-state index is 5.11. The first kappa shape index (κ1) is 8.56. The van der Waals surface area contributed by atoms with E-state index in [0.29, 0.717) is 6.61 Å². The highest BCUT2D eigenvalue weighted by Gasteiger charge is 2.20. The van der Waals surface area contributed by atoms with Crippen LogP contribution in [0, 0.1) is 0 Å². The number of rotatable bonds is 3. The Morgan fingerprint density at radius 3 is 3.15 bits per heavy atom. The second kappa shape index (κ2) is 3.38. The van der Waals surface area contributed by atoms with Crippen LogP contribution in [0.15, 0.2) is 0 Å². The molecule has 1 aliphatic heterocycles. The van der Waals surface area contributed by atoms with Crippen LogP contribution in [0.1, 0.15) is 18.2 Å². The first-order valence-corrected chi connectivity index (χ1v) is 4.68. The topological polar surface area (TPSA) is 39.1 Å². The van der Waals surface area contributed by atoms with Crippen molar-refractivity contribution in [2.24, 2.45) is 0 Å². The van der Waals surface area contributed by atoms with E-state index in [4.69, 9.17) is 4.74 Å². The summed E-state index contributed by atoms with van der Waals surface area (Å²) in [5, 5.41) is 7.81. The maximum absolute atomic E-state index is 5.11. The molecule has 0 fully saturated rings. The summed E-state index contributed by atoms with van der Waals surface area (Å²) in [6.45, 7) is 4.67. The van der Waals surface area contributed by atoms with Crippen LogP contribution in [0.4, 0.5) is 5.82 Å². The van der Waals surface area contributed by atoms with E-state index in [0.717, 1.165) is 25.2 Å². The van der Waals surface area contributed by atoms with Gasteiger partial charge in [-0.25, -0.2) is 4.68 Å². The van der Waals surface area contributed by atoms with Gasteiger partial charge < -0.3 is 10.1 Å². The maximum Gasteiger partial charge on any atom is 0.127 e. The molecule has 0 atom stereocenters. The molecule has 0 saturated heterocycles. The van der Waals surface area contributed by atoms with Gasteiger partial charge in [0.05, 0.1) is 12.3 Å². The van der Waals surface area contributed by atoms with Crippen LogP contribution in [0.2, 0.25) is 0 Å². The van der Waals surface area contributed by atoms with Crippen molar-refractivity contribution in [2.75, 3.05) is 19.0 Å². The minimum Gasteiger partial charge on any atom is -0.378 e. The third kappa shape index (κ3) is 1.31. The zero-order valence-electron chi connectivity index (χ0n) is 8.13. The van der Waals surface area contributed by atoms with Crippen molar-refractivity contribution in [2.45, 2.75) is 26.5 Å². The number of ether oxygens (including phenoxy) is 1. The highest BCUT2D eigenvalue weighted by atomic mass is 16.5. The first-order valence-electron chi connectivity index (χ1n) is 4.68. The van der Waals surface area contributed by atoms with E-state index >= 15 is 0 Å². The monoisotopic (exact) mass is 181 g/mol. The highest BCUT2D eigenvalue weighted by molar-refractivity contribution is 5.52. The molecule has 1 N–H and O–H groups in total. The Bertz CT molecular complexity index is 306. The van der Waals surface area contributed by atoms with Crippen LogP contribution < -0.4 is 5.32 Å². The lowest BCUT2D eigenvalue weighted by Crippen LogP contribution is -2.05. The molecule has 0 spiro atoms. The number of hydrogen-bond acceptors (Lipinski definition) is 3. The van der Waals surface area contributed by atoms with E-state index < -0.39 is 0 Å². The molecule has 0 aromatic carbocycles. The van der Waals surface area contributed by atoms with Gasteiger partial charge in [-0.05, 0) is 13.3 Å². The number of nitrogens with one attached hydrogen (secondary N) is 1. The number of anilines is 1. The van der Waals surface area contributed by atoms with Crippen LogP contribution in [-0.2, 0) is 24.3 Å². The Balaban J connectivity index is 2.36. The molecule has 4 nitrogen and oxygen atoms in total. The van der Waals surface area contributed by atoms with Crippen molar-refractivity contribution >= 4 is 5.82 Å². The van der Waals surface area contributed by atoms with Crippen molar-refractivity contribution in [3.8, 4) is 0 Å². The molecule has 0 saturated carbocycles. The summed E-state index contributed by atoms with van der Waals surface area (Å²) < 4.78 is 7.12. The Morgan fingerprint density at radius 2 is 2.46 bits per heavy atom. The lowest BCUT2D eigenvalue weighted by molar-refractivity contribution is 0.180. The third-order valence-corrected chi connectivity index (χ3v) is 2.38. The van der Waals surface area contributed by atoms with E-state index in [1.54, 1.807) is 7.11 Å². The van der Waals surface area contributed by atoms with Gasteiger partial charge in [0.15, 0.2) is 0 Å². The summed E-state index contributed by atoms with van der Waals surface area (Å²) in [5.74, 6) is 1.19. The molecule has 0 bridgehead atoms. The van der Waals surface area contributed by atoms with Gasteiger partial charge in [-0.15, -0.1) is 0 Å². The Morgan fingerprint density at radius 1 is 1.62 bits per heavy atom. The minimum atomic E-state index is 0.622. The predicted octanol–water partition coefficient (Wildman–Crippen LogP) is 1.02. The molecule has 1 aromatic rings. The molecule has 0 amide bonds. The van der Waals surface area contributed by atoms with Crippen LogP contribution in [0.5, 0.6) is 0 Å². The molecule has 4 heteroatoms. The fourth-order valence-corrected chi connectivity index (χ4v) is 1.80. The lowest BCUT2D eigenvalue weighted by atomic mass is 10.2. The van der Waals surface area contributed by atoms with Crippen molar-refractivity contribution in [1.29, 1.82) is 0 Å². The van der Waals surface area contributed by atoms with Crippen molar-refractivity contribution < 1.29 is 4.74 Å². The molecular weight excluding hydrogens is 166 g/mol. The third-order valence-electron chi connectivity index (χ3n) is 2.38. The highest BCUT2D eigenvalue weighted by Crippen LogP contribution is 2.25. The van der Waals surface area contributed by atoms with Gasteiger partial charge in [-0.1, -0.05) is 0 Å². The van der Waals surface area contributed by atoms with Crippen molar-refractivity contribution in [3.63, 3.8) is 0 Å². The number of hydrogen-bond donors (Lipinski definition) is 1. The van der Waals surface area contributed by atoms with Gasteiger partial charge in [0.2, 0.25) is 0 Å². The van der Waals surface area contributed by atoms with Crippen LogP contribution in [0.25, 0.3) is 0 Å². The van der Waals surface area contributed by atoms with E-state index in [-0.39, 0.29) is 0 Å². The van der Waals surface area contributed by atoms with Gasteiger partial charge in [0, 0.05) is 25.8 Å². The van der Waals surface area contributed by atoms with Crippen molar-refractivity contribution in [3.05, 3.63) is 11.3 Å². The molecule has 2 rings (SSSR count). The van der Waals surface area contributed by atoms with Crippen LogP contribution in [-0.4, -0.2) is 23.4 Å². The molecule has 1 aromatic heterocycles. The summed E-state index contributed by atoms with van der Waals surface area (Å²) >= 11 is 0. The number of fused-ring (bicyclic) bond motifs is 1. The molecule has 1 aliphatic rings. The summed E-state index contributed by atoms with van der Waals surface area (Å²) in [7, 11) is 1.71. The van der Waals surface area contributed by atoms with E-state index in [1.165, 1.54) is 11.4 Å². The molecule has 0 radical (unpaired) electrons. The Kier molecular flexibility index (Phi) is 2.22. The zero-order valence-corrected chi connectivity index (χ0v) is 8.13. The molecular formula is C9H15N3O.